The Labute approximate surface area is 178 Å². The molecular formula is C20H35ClFNO3SSi. The molecule has 0 saturated heterocycles. The van der Waals surface area contributed by atoms with Gasteiger partial charge >= 0.3 is 0 Å². The first-order chi connectivity index (χ1) is 12.6. The lowest BCUT2D eigenvalue weighted by Gasteiger charge is -2.41. The van der Waals surface area contributed by atoms with Gasteiger partial charge in [-0.2, -0.15) is 0 Å². The number of hydrogen-bond acceptors (Lipinski definition) is 4. The second-order valence-corrected chi connectivity index (χ2v) is 16.9. The summed E-state index contributed by atoms with van der Waals surface area (Å²) in [6.07, 6.45) is -0.242. The number of hydrogen-bond donors (Lipinski definition) is 2. The molecule has 3 atom stereocenters. The smallest absolute Gasteiger partial charge is 0.192 e. The fourth-order valence-corrected chi connectivity index (χ4v) is 4.81. The fraction of sp³-hybridized carbons (Fsp3) is 0.700. The van der Waals surface area contributed by atoms with E-state index in [1.165, 1.54) is 12.1 Å². The van der Waals surface area contributed by atoms with Crippen molar-refractivity contribution in [3.63, 3.8) is 0 Å². The second kappa shape index (κ2) is 9.77. The van der Waals surface area contributed by atoms with E-state index in [1.54, 1.807) is 6.07 Å². The van der Waals surface area contributed by atoms with Gasteiger partial charge in [-0.25, -0.2) is 4.39 Å². The summed E-state index contributed by atoms with van der Waals surface area (Å²) in [6, 6.07) is 3.87. The zero-order valence-corrected chi connectivity index (χ0v) is 20.8. The molecule has 162 valence electrons. The molecule has 0 radical (unpaired) electrons. The maximum absolute atomic E-state index is 13.8. The van der Waals surface area contributed by atoms with Crippen LogP contribution in [0.5, 0.6) is 0 Å². The summed E-state index contributed by atoms with van der Waals surface area (Å²) >= 11 is 4.62. The zero-order chi connectivity index (χ0) is 21.9. The minimum atomic E-state index is -2.19. The molecule has 4 nitrogen and oxygen atoms in total. The zero-order valence-electron chi connectivity index (χ0n) is 18.2. The monoisotopic (exact) mass is 451 g/mol. The van der Waals surface area contributed by atoms with E-state index >= 15 is 0 Å². The number of aliphatic hydroxyl groups is 1. The molecule has 8 heteroatoms. The summed E-state index contributed by atoms with van der Waals surface area (Å²) < 4.78 is 35.6. The molecule has 0 aliphatic heterocycles. The van der Waals surface area contributed by atoms with E-state index in [0.29, 0.717) is 17.0 Å². The summed E-state index contributed by atoms with van der Waals surface area (Å²) in [5, 5.41) is 10.3. The predicted molar refractivity (Wildman–Crippen MR) is 119 cm³/mol. The van der Waals surface area contributed by atoms with E-state index in [9.17, 15) is 14.0 Å². The summed E-state index contributed by atoms with van der Waals surface area (Å²) in [5.74, 6) is -0.427. The van der Waals surface area contributed by atoms with Crippen LogP contribution >= 0.6 is 11.6 Å². The van der Waals surface area contributed by atoms with Gasteiger partial charge in [0.05, 0.1) is 18.8 Å². The summed E-state index contributed by atoms with van der Waals surface area (Å²) in [6.45, 7) is 16.0. The van der Waals surface area contributed by atoms with E-state index in [4.69, 9.17) is 16.0 Å². The second-order valence-electron chi connectivity index (χ2n) is 9.69. The molecule has 2 N–H and O–H groups in total. The maximum Gasteiger partial charge on any atom is 0.192 e. The fourth-order valence-electron chi connectivity index (χ4n) is 2.35. The third-order valence-corrected chi connectivity index (χ3v) is 11.4. The van der Waals surface area contributed by atoms with Gasteiger partial charge in [0.1, 0.15) is 10.6 Å². The van der Waals surface area contributed by atoms with Crippen molar-refractivity contribution in [3.05, 3.63) is 34.6 Å². The van der Waals surface area contributed by atoms with Crippen LogP contribution < -0.4 is 4.72 Å². The van der Waals surface area contributed by atoms with E-state index in [2.05, 4.69) is 38.6 Å². The molecule has 0 aliphatic rings. The van der Waals surface area contributed by atoms with Crippen molar-refractivity contribution < 1.29 is 18.5 Å². The van der Waals surface area contributed by atoms with Crippen molar-refractivity contribution in [2.75, 3.05) is 6.61 Å². The number of nitrogens with one attached hydrogen (secondary N) is 1. The Morgan fingerprint density at radius 1 is 1.21 bits per heavy atom. The Kier molecular flexibility index (Phi) is 9.03. The topological polar surface area (TPSA) is 64.5 Å². The van der Waals surface area contributed by atoms with E-state index in [0.717, 1.165) is 0 Å². The van der Waals surface area contributed by atoms with Crippen molar-refractivity contribution in [2.45, 2.75) is 83.0 Å². The van der Waals surface area contributed by atoms with Gasteiger partial charge in [-0.05, 0) is 69.1 Å². The molecule has 0 aliphatic carbocycles. The number of halogens is 2. The van der Waals surface area contributed by atoms with Gasteiger partial charge in [-0.3, -0.25) is 0 Å². The Balaban J connectivity index is 3.19. The SMILES string of the molecule is CC(C)(C)[S@+]([O-])N[C@@H](Cc1cc(F)cc(Cl)c1)[C@@H](CO)O[Si](C)(C)C(C)(C)C. The average Bonchev–Trinajstić information content (AvgIpc) is 2.48. The van der Waals surface area contributed by atoms with Gasteiger partial charge in [0.2, 0.25) is 0 Å². The first-order valence-electron chi connectivity index (χ1n) is 9.48. The van der Waals surface area contributed by atoms with Crippen LogP contribution in [0.4, 0.5) is 4.39 Å². The average molecular weight is 452 g/mol. The lowest BCUT2D eigenvalue weighted by molar-refractivity contribution is 0.0775. The minimum absolute atomic E-state index is 0.0453. The molecule has 1 aromatic carbocycles. The van der Waals surface area contributed by atoms with Crippen LogP contribution in [-0.2, 0) is 22.2 Å². The van der Waals surface area contributed by atoms with Gasteiger partial charge in [-0.15, -0.1) is 4.72 Å². The molecular weight excluding hydrogens is 417 g/mol. The van der Waals surface area contributed by atoms with Crippen molar-refractivity contribution in [3.8, 4) is 0 Å². The van der Waals surface area contributed by atoms with Gasteiger partial charge in [0, 0.05) is 16.4 Å². The predicted octanol–water partition coefficient (Wildman–Crippen LogP) is 4.82. The molecule has 0 aromatic heterocycles. The molecule has 0 amide bonds. The highest BCUT2D eigenvalue weighted by atomic mass is 35.5. The van der Waals surface area contributed by atoms with Crippen LogP contribution in [0.15, 0.2) is 18.2 Å². The first-order valence-corrected chi connectivity index (χ1v) is 13.9. The van der Waals surface area contributed by atoms with E-state index < -0.39 is 42.4 Å². The molecule has 0 spiro atoms. The van der Waals surface area contributed by atoms with Crippen molar-refractivity contribution >= 4 is 31.3 Å². The Hall–Kier alpha value is -0.153. The van der Waals surface area contributed by atoms with Gasteiger partial charge in [0.25, 0.3) is 0 Å². The normalized spacial score (nSPS) is 16.7. The lowest BCUT2D eigenvalue weighted by Crippen LogP contribution is -2.56. The number of aliphatic hydroxyl groups excluding tert-OH is 1. The lowest BCUT2D eigenvalue weighted by atomic mass is 10.0. The molecule has 0 heterocycles. The van der Waals surface area contributed by atoms with Crippen LogP contribution in [0.2, 0.25) is 23.2 Å². The highest BCUT2D eigenvalue weighted by Crippen LogP contribution is 2.38. The van der Waals surface area contributed by atoms with E-state index in [-0.39, 0.29) is 11.6 Å². The van der Waals surface area contributed by atoms with Crippen molar-refractivity contribution in [1.29, 1.82) is 0 Å². The van der Waals surface area contributed by atoms with Crippen molar-refractivity contribution in [1.82, 2.24) is 4.72 Å². The Bertz CT molecular complexity index is 629. The van der Waals surface area contributed by atoms with Crippen molar-refractivity contribution in [2.24, 2.45) is 0 Å². The highest BCUT2D eigenvalue weighted by Gasteiger charge is 2.42. The quantitative estimate of drug-likeness (QED) is 0.439. The molecule has 1 aromatic rings. The Morgan fingerprint density at radius 2 is 1.79 bits per heavy atom. The van der Waals surface area contributed by atoms with Gasteiger partial charge in [-0.1, -0.05) is 32.4 Å². The molecule has 0 bridgehead atoms. The van der Waals surface area contributed by atoms with Crippen LogP contribution in [0, 0.1) is 5.82 Å². The van der Waals surface area contributed by atoms with E-state index in [1.807, 2.05) is 20.8 Å². The van der Waals surface area contributed by atoms with Crippen LogP contribution in [0.3, 0.4) is 0 Å². The number of rotatable bonds is 8. The largest absolute Gasteiger partial charge is 0.598 e. The first kappa shape index (κ1) is 25.9. The maximum atomic E-state index is 13.8. The molecule has 0 fully saturated rings. The van der Waals surface area contributed by atoms with Gasteiger partial charge < -0.3 is 14.1 Å². The standard InChI is InChI=1S/C20H35ClFNO3SSi/c1-19(2,3)27(25)23-17(11-14-9-15(21)12-16(22)10-14)18(13-24)26-28(7,8)20(4,5)6/h9-10,12,17-18,23-24H,11,13H2,1-8H3/t17-,18+,27-/m0/s1. The summed E-state index contributed by atoms with van der Waals surface area (Å²) in [4.78, 5) is 0. The highest BCUT2D eigenvalue weighted by molar-refractivity contribution is 7.90. The van der Waals surface area contributed by atoms with Gasteiger partial charge in [0.15, 0.2) is 8.32 Å². The minimum Gasteiger partial charge on any atom is -0.598 e. The Morgan fingerprint density at radius 3 is 2.21 bits per heavy atom. The molecule has 0 saturated carbocycles. The van der Waals surface area contributed by atoms with Crippen LogP contribution in [0.25, 0.3) is 0 Å². The third-order valence-electron chi connectivity index (χ3n) is 5.07. The third kappa shape index (κ3) is 7.59. The summed E-state index contributed by atoms with van der Waals surface area (Å²) in [7, 11) is -2.19. The van der Waals surface area contributed by atoms with Crippen LogP contribution in [-0.4, -0.2) is 41.5 Å². The summed E-state index contributed by atoms with van der Waals surface area (Å²) in [5.41, 5.74) is 0.658. The molecule has 1 rings (SSSR count). The molecule has 28 heavy (non-hydrogen) atoms. The number of benzene rings is 1. The molecule has 0 unspecified atom stereocenters. The van der Waals surface area contributed by atoms with Crippen LogP contribution in [0.1, 0.15) is 47.1 Å².